The van der Waals surface area contributed by atoms with Crippen molar-refractivity contribution in [1.29, 1.82) is 0 Å². The Morgan fingerprint density at radius 2 is 2.33 bits per heavy atom. The van der Waals surface area contributed by atoms with Gasteiger partial charge in [0.1, 0.15) is 0 Å². The van der Waals surface area contributed by atoms with E-state index in [0.717, 1.165) is 25.9 Å². The lowest BCUT2D eigenvalue weighted by molar-refractivity contribution is -0.151. The molecule has 0 aromatic rings. The molecule has 0 radical (unpaired) electrons. The van der Waals surface area contributed by atoms with Crippen molar-refractivity contribution in [2.75, 3.05) is 13.7 Å². The molecule has 1 saturated heterocycles. The molecule has 1 heterocycles. The number of esters is 1. The zero-order valence-electron chi connectivity index (χ0n) is 7.71. The van der Waals surface area contributed by atoms with E-state index in [4.69, 9.17) is 4.74 Å². The molecule has 0 N–H and O–H groups in total. The van der Waals surface area contributed by atoms with Gasteiger partial charge < -0.3 is 9.47 Å². The molecule has 3 heteroatoms. The first kappa shape index (κ1) is 9.52. The quantitative estimate of drug-likeness (QED) is 0.590. The predicted molar refractivity (Wildman–Crippen MR) is 44.8 cm³/mol. The average Bonchev–Trinajstić information content (AvgIpc) is 2.17. The summed E-state index contributed by atoms with van der Waals surface area (Å²) in [4.78, 5) is 11.1. The molecule has 2 atom stereocenters. The van der Waals surface area contributed by atoms with Gasteiger partial charge in [0.2, 0.25) is 0 Å². The Morgan fingerprint density at radius 1 is 1.58 bits per heavy atom. The van der Waals surface area contributed by atoms with Gasteiger partial charge in [0, 0.05) is 6.61 Å². The van der Waals surface area contributed by atoms with Crippen LogP contribution in [0, 0.1) is 5.92 Å². The van der Waals surface area contributed by atoms with Crippen LogP contribution in [0.3, 0.4) is 0 Å². The van der Waals surface area contributed by atoms with Gasteiger partial charge >= 0.3 is 5.97 Å². The molecular weight excluding hydrogens is 156 g/mol. The highest BCUT2D eigenvalue weighted by molar-refractivity contribution is 5.72. The van der Waals surface area contributed by atoms with Gasteiger partial charge in [-0.25, -0.2) is 0 Å². The molecule has 0 aromatic heterocycles. The molecule has 1 rings (SSSR count). The molecule has 3 nitrogen and oxygen atoms in total. The van der Waals surface area contributed by atoms with Crippen LogP contribution in [-0.2, 0) is 14.3 Å². The molecule has 0 aromatic carbocycles. The molecule has 0 spiro atoms. The van der Waals surface area contributed by atoms with Crippen molar-refractivity contribution >= 4 is 5.97 Å². The Balaban J connectivity index is 2.39. The Kier molecular flexibility index (Phi) is 3.53. The van der Waals surface area contributed by atoms with Crippen LogP contribution in [0.1, 0.15) is 26.2 Å². The first-order chi connectivity index (χ1) is 5.75. The van der Waals surface area contributed by atoms with Gasteiger partial charge in [-0.15, -0.1) is 0 Å². The van der Waals surface area contributed by atoms with Crippen molar-refractivity contribution in [3.8, 4) is 0 Å². The lowest BCUT2D eigenvalue weighted by Crippen LogP contribution is -2.32. The second kappa shape index (κ2) is 4.45. The summed E-state index contributed by atoms with van der Waals surface area (Å²) in [6, 6.07) is 0. The van der Waals surface area contributed by atoms with E-state index >= 15 is 0 Å². The predicted octanol–water partition coefficient (Wildman–Crippen LogP) is 1.36. The number of hydrogen-bond acceptors (Lipinski definition) is 3. The fourth-order valence-electron chi connectivity index (χ4n) is 1.50. The number of methoxy groups -OCH3 is 1. The van der Waals surface area contributed by atoms with Gasteiger partial charge in [0.25, 0.3) is 0 Å². The smallest absolute Gasteiger partial charge is 0.311 e. The summed E-state index contributed by atoms with van der Waals surface area (Å²) >= 11 is 0. The molecule has 0 aliphatic carbocycles. The lowest BCUT2D eigenvalue weighted by atomic mass is 9.97. The summed E-state index contributed by atoms with van der Waals surface area (Å²) in [6.45, 7) is 2.65. The lowest BCUT2D eigenvalue weighted by Gasteiger charge is -2.26. The maximum absolute atomic E-state index is 11.1. The summed E-state index contributed by atoms with van der Waals surface area (Å²) in [5, 5.41) is 0. The van der Waals surface area contributed by atoms with E-state index in [1.54, 1.807) is 0 Å². The molecule has 70 valence electrons. The summed E-state index contributed by atoms with van der Waals surface area (Å²) in [5.41, 5.74) is 0. The number of carbonyl (C=O) groups excluding carboxylic acids is 1. The van der Waals surface area contributed by atoms with Crippen molar-refractivity contribution in [3.05, 3.63) is 0 Å². The Hall–Kier alpha value is -0.570. The highest BCUT2D eigenvalue weighted by atomic mass is 16.5. The van der Waals surface area contributed by atoms with Crippen LogP contribution >= 0.6 is 0 Å². The molecule has 1 aliphatic rings. The molecule has 0 amide bonds. The average molecular weight is 172 g/mol. The van der Waals surface area contributed by atoms with E-state index < -0.39 is 0 Å². The van der Waals surface area contributed by atoms with Crippen LogP contribution in [0.5, 0.6) is 0 Å². The van der Waals surface area contributed by atoms with Gasteiger partial charge in [-0.2, -0.15) is 0 Å². The van der Waals surface area contributed by atoms with Crippen LogP contribution in [0.2, 0.25) is 0 Å². The van der Waals surface area contributed by atoms with E-state index in [1.165, 1.54) is 7.11 Å². The molecular formula is C9H16O3. The minimum atomic E-state index is -0.165. The third-order valence-corrected chi connectivity index (χ3v) is 2.35. The molecule has 2 unspecified atom stereocenters. The molecule has 12 heavy (non-hydrogen) atoms. The van der Waals surface area contributed by atoms with Gasteiger partial charge in [0.05, 0.1) is 19.1 Å². The second-order valence-electron chi connectivity index (χ2n) is 3.22. The van der Waals surface area contributed by atoms with Gasteiger partial charge in [-0.05, 0) is 26.2 Å². The maximum atomic E-state index is 11.1. The highest BCUT2D eigenvalue weighted by Gasteiger charge is 2.26. The number of hydrogen-bond donors (Lipinski definition) is 0. The summed E-state index contributed by atoms with van der Waals surface area (Å²) < 4.78 is 10.1. The fraction of sp³-hybridized carbons (Fsp3) is 0.889. The zero-order chi connectivity index (χ0) is 8.97. The summed E-state index contributed by atoms with van der Waals surface area (Å²) in [7, 11) is 1.42. The first-order valence-corrected chi connectivity index (χ1v) is 4.45. The second-order valence-corrected chi connectivity index (χ2v) is 3.22. The molecule has 0 saturated carbocycles. The molecule has 1 aliphatic heterocycles. The van der Waals surface area contributed by atoms with Crippen LogP contribution in [0.25, 0.3) is 0 Å². The summed E-state index contributed by atoms with van der Waals surface area (Å²) in [5.74, 6) is -0.280. The van der Waals surface area contributed by atoms with E-state index in [-0.39, 0.29) is 18.0 Å². The van der Waals surface area contributed by atoms with Crippen molar-refractivity contribution < 1.29 is 14.3 Å². The maximum Gasteiger partial charge on any atom is 0.311 e. The SMILES string of the molecule is COC(=O)C(C)C1CCCCO1. The van der Waals surface area contributed by atoms with Crippen molar-refractivity contribution in [1.82, 2.24) is 0 Å². The third-order valence-electron chi connectivity index (χ3n) is 2.35. The number of ether oxygens (including phenoxy) is 2. The number of rotatable bonds is 2. The van der Waals surface area contributed by atoms with Crippen LogP contribution in [-0.4, -0.2) is 25.8 Å². The van der Waals surface area contributed by atoms with Gasteiger partial charge in [-0.1, -0.05) is 0 Å². The fourth-order valence-corrected chi connectivity index (χ4v) is 1.50. The number of carbonyl (C=O) groups is 1. The van der Waals surface area contributed by atoms with E-state index in [0.29, 0.717) is 0 Å². The Bertz CT molecular complexity index is 150. The van der Waals surface area contributed by atoms with Crippen molar-refractivity contribution in [2.45, 2.75) is 32.3 Å². The summed E-state index contributed by atoms with van der Waals surface area (Å²) in [6.07, 6.45) is 3.33. The Labute approximate surface area is 73.0 Å². The van der Waals surface area contributed by atoms with Crippen molar-refractivity contribution in [2.24, 2.45) is 5.92 Å². The molecule has 1 fully saturated rings. The zero-order valence-corrected chi connectivity index (χ0v) is 7.71. The molecule has 0 bridgehead atoms. The van der Waals surface area contributed by atoms with E-state index in [2.05, 4.69) is 4.74 Å². The Morgan fingerprint density at radius 3 is 2.83 bits per heavy atom. The monoisotopic (exact) mass is 172 g/mol. The minimum absolute atomic E-state index is 0.0752. The van der Waals surface area contributed by atoms with Crippen LogP contribution < -0.4 is 0 Å². The van der Waals surface area contributed by atoms with Gasteiger partial charge in [0.15, 0.2) is 0 Å². The van der Waals surface area contributed by atoms with E-state index in [1.807, 2.05) is 6.92 Å². The largest absolute Gasteiger partial charge is 0.469 e. The normalized spacial score (nSPS) is 26.3. The topological polar surface area (TPSA) is 35.5 Å². The van der Waals surface area contributed by atoms with E-state index in [9.17, 15) is 4.79 Å². The van der Waals surface area contributed by atoms with Crippen LogP contribution in [0.15, 0.2) is 0 Å². The standard InChI is InChI=1S/C9H16O3/c1-7(9(10)11-2)8-5-3-4-6-12-8/h7-8H,3-6H2,1-2H3. The third kappa shape index (κ3) is 2.21. The van der Waals surface area contributed by atoms with Crippen LogP contribution in [0.4, 0.5) is 0 Å². The minimum Gasteiger partial charge on any atom is -0.469 e. The first-order valence-electron chi connectivity index (χ1n) is 4.45. The highest BCUT2D eigenvalue weighted by Crippen LogP contribution is 2.20. The van der Waals surface area contributed by atoms with Crippen molar-refractivity contribution in [3.63, 3.8) is 0 Å². The van der Waals surface area contributed by atoms with Gasteiger partial charge in [-0.3, -0.25) is 4.79 Å².